The summed E-state index contributed by atoms with van der Waals surface area (Å²) in [6.45, 7) is 4.94. The van der Waals surface area contributed by atoms with Gasteiger partial charge >= 0.3 is 0 Å². The fourth-order valence-corrected chi connectivity index (χ4v) is 3.07. The van der Waals surface area contributed by atoms with Crippen LogP contribution in [0.15, 0.2) is 18.2 Å². The molecule has 1 aromatic carbocycles. The molecule has 0 atom stereocenters. The highest BCUT2D eigenvalue weighted by atomic mass is 16.1. The van der Waals surface area contributed by atoms with Gasteiger partial charge in [-0.05, 0) is 37.3 Å². The Kier molecular flexibility index (Phi) is 5.54. The van der Waals surface area contributed by atoms with E-state index in [4.69, 9.17) is 0 Å². The number of Topliss-reactive ketones (excluding diaryl/α,β-unsaturated/α-hetero) is 1. The second-order valence-corrected chi connectivity index (χ2v) is 5.87. The summed E-state index contributed by atoms with van der Waals surface area (Å²) in [5, 5.41) is 2.90. The van der Waals surface area contributed by atoms with Gasteiger partial charge in [0.2, 0.25) is 0 Å². The van der Waals surface area contributed by atoms with Crippen LogP contribution >= 0.6 is 0 Å². The summed E-state index contributed by atoms with van der Waals surface area (Å²) < 4.78 is 0. The third-order valence-corrected chi connectivity index (χ3v) is 4.19. The Morgan fingerprint density at radius 2 is 1.95 bits per heavy atom. The summed E-state index contributed by atoms with van der Waals surface area (Å²) >= 11 is 0. The summed E-state index contributed by atoms with van der Waals surface area (Å²) in [6, 6.07) is 5.66. The van der Waals surface area contributed by atoms with Crippen molar-refractivity contribution in [1.82, 2.24) is 5.32 Å². The van der Waals surface area contributed by atoms with E-state index < -0.39 is 0 Å². The van der Waals surface area contributed by atoms with E-state index >= 15 is 0 Å². The molecule has 0 saturated carbocycles. The number of carbonyl (C=O) groups is 2. The molecule has 1 amide bonds. The van der Waals surface area contributed by atoms with E-state index in [0.29, 0.717) is 17.7 Å². The van der Waals surface area contributed by atoms with Crippen molar-refractivity contribution in [1.29, 1.82) is 0 Å². The number of benzene rings is 1. The van der Waals surface area contributed by atoms with Crippen molar-refractivity contribution in [2.75, 3.05) is 6.54 Å². The summed E-state index contributed by atoms with van der Waals surface area (Å²) in [7, 11) is 0. The summed E-state index contributed by atoms with van der Waals surface area (Å²) in [6.07, 6.45) is 5.74. The van der Waals surface area contributed by atoms with E-state index in [9.17, 15) is 9.59 Å². The Bertz CT molecular complexity index is 516. The third-order valence-electron chi connectivity index (χ3n) is 4.19. The summed E-state index contributed by atoms with van der Waals surface area (Å²) in [5.41, 5.74) is 2.44. The van der Waals surface area contributed by atoms with Gasteiger partial charge in [-0.25, -0.2) is 0 Å². The number of hydrogen-bond acceptors (Lipinski definition) is 2. The zero-order chi connectivity index (χ0) is 15.2. The molecule has 1 aliphatic rings. The number of ketones is 1. The molecule has 1 aliphatic heterocycles. The fourth-order valence-electron chi connectivity index (χ4n) is 3.07. The number of fused-ring (bicyclic) bond motifs is 1. The van der Waals surface area contributed by atoms with Crippen LogP contribution in [0.2, 0.25) is 0 Å². The van der Waals surface area contributed by atoms with Gasteiger partial charge in [0.25, 0.3) is 5.91 Å². The zero-order valence-electron chi connectivity index (χ0n) is 13.1. The van der Waals surface area contributed by atoms with Crippen molar-refractivity contribution in [3.63, 3.8) is 0 Å². The Balaban J connectivity index is 2.27. The van der Waals surface area contributed by atoms with E-state index in [1.54, 1.807) is 6.07 Å². The molecule has 0 fully saturated rings. The van der Waals surface area contributed by atoms with Crippen LogP contribution in [0.4, 0.5) is 0 Å². The Morgan fingerprint density at radius 1 is 1.24 bits per heavy atom. The van der Waals surface area contributed by atoms with Crippen molar-refractivity contribution < 1.29 is 9.59 Å². The molecule has 0 aromatic heterocycles. The average molecular weight is 287 g/mol. The number of amides is 1. The maximum atomic E-state index is 12.7. The Morgan fingerprint density at radius 3 is 2.62 bits per heavy atom. The van der Waals surface area contributed by atoms with Crippen LogP contribution < -0.4 is 5.32 Å². The van der Waals surface area contributed by atoms with E-state index in [0.717, 1.165) is 44.1 Å². The van der Waals surface area contributed by atoms with Gasteiger partial charge < -0.3 is 5.32 Å². The highest BCUT2D eigenvalue weighted by molar-refractivity contribution is 6.02. The molecule has 2 rings (SSSR count). The van der Waals surface area contributed by atoms with Crippen LogP contribution in [0.5, 0.6) is 0 Å². The lowest BCUT2D eigenvalue weighted by Crippen LogP contribution is -2.23. The number of rotatable bonds is 6. The van der Waals surface area contributed by atoms with Gasteiger partial charge in [0.05, 0.1) is 0 Å². The van der Waals surface area contributed by atoms with Gasteiger partial charge in [0.1, 0.15) is 0 Å². The van der Waals surface area contributed by atoms with Crippen LogP contribution in [0, 0.1) is 5.92 Å². The fraction of sp³-hybridized carbons (Fsp3) is 0.556. The lowest BCUT2D eigenvalue weighted by molar-refractivity contribution is 0.0905. The SMILES string of the molecule is CCCC(CCC)C(=O)c1ccc2c(c1)C(=O)NCCC2. The molecule has 0 bridgehead atoms. The highest BCUT2D eigenvalue weighted by Gasteiger charge is 2.21. The predicted octanol–water partition coefficient (Wildman–Crippen LogP) is 3.76. The van der Waals surface area contributed by atoms with Crippen molar-refractivity contribution in [3.05, 3.63) is 34.9 Å². The minimum absolute atomic E-state index is 0.0420. The van der Waals surface area contributed by atoms with Crippen molar-refractivity contribution in [3.8, 4) is 0 Å². The molecule has 1 heterocycles. The van der Waals surface area contributed by atoms with Crippen LogP contribution in [-0.4, -0.2) is 18.2 Å². The first-order valence-corrected chi connectivity index (χ1v) is 8.12. The molecule has 21 heavy (non-hydrogen) atoms. The first-order chi connectivity index (χ1) is 10.2. The molecule has 3 heteroatoms. The molecular formula is C18H25NO2. The molecular weight excluding hydrogens is 262 g/mol. The topological polar surface area (TPSA) is 46.2 Å². The monoisotopic (exact) mass is 287 g/mol. The molecule has 0 unspecified atom stereocenters. The molecule has 0 spiro atoms. The lowest BCUT2D eigenvalue weighted by Gasteiger charge is -2.15. The van der Waals surface area contributed by atoms with Gasteiger partial charge in [-0.15, -0.1) is 0 Å². The first-order valence-electron chi connectivity index (χ1n) is 8.12. The van der Waals surface area contributed by atoms with Gasteiger partial charge in [0.15, 0.2) is 5.78 Å². The van der Waals surface area contributed by atoms with Crippen LogP contribution in [-0.2, 0) is 6.42 Å². The predicted molar refractivity (Wildman–Crippen MR) is 84.7 cm³/mol. The first kappa shape index (κ1) is 15.7. The van der Waals surface area contributed by atoms with E-state index in [2.05, 4.69) is 19.2 Å². The average Bonchev–Trinajstić information content (AvgIpc) is 2.68. The van der Waals surface area contributed by atoms with Gasteiger partial charge in [-0.2, -0.15) is 0 Å². The van der Waals surface area contributed by atoms with Crippen LogP contribution in [0.1, 0.15) is 72.2 Å². The number of hydrogen-bond donors (Lipinski definition) is 1. The Labute approximate surface area is 127 Å². The quantitative estimate of drug-likeness (QED) is 0.810. The summed E-state index contributed by atoms with van der Waals surface area (Å²) in [5.74, 6) is 0.241. The van der Waals surface area contributed by atoms with E-state index in [1.165, 1.54) is 0 Å². The molecule has 0 radical (unpaired) electrons. The minimum Gasteiger partial charge on any atom is -0.352 e. The molecule has 1 N–H and O–H groups in total. The molecule has 3 nitrogen and oxygen atoms in total. The highest BCUT2D eigenvalue weighted by Crippen LogP contribution is 2.23. The maximum absolute atomic E-state index is 12.7. The van der Waals surface area contributed by atoms with E-state index in [-0.39, 0.29) is 17.6 Å². The van der Waals surface area contributed by atoms with Crippen molar-refractivity contribution >= 4 is 11.7 Å². The van der Waals surface area contributed by atoms with Crippen molar-refractivity contribution in [2.24, 2.45) is 5.92 Å². The number of carbonyl (C=O) groups excluding carboxylic acids is 2. The molecule has 0 saturated heterocycles. The molecule has 114 valence electrons. The minimum atomic E-state index is -0.0420. The van der Waals surface area contributed by atoms with Gasteiger partial charge in [0, 0.05) is 23.6 Å². The van der Waals surface area contributed by atoms with Crippen LogP contribution in [0.3, 0.4) is 0 Å². The normalized spacial score (nSPS) is 14.5. The smallest absolute Gasteiger partial charge is 0.251 e. The number of nitrogens with one attached hydrogen (secondary N) is 1. The second-order valence-electron chi connectivity index (χ2n) is 5.87. The number of aryl methyl sites for hydroxylation is 1. The van der Waals surface area contributed by atoms with Crippen LogP contribution in [0.25, 0.3) is 0 Å². The Hall–Kier alpha value is -1.64. The van der Waals surface area contributed by atoms with Gasteiger partial charge in [-0.3, -0.25) is 9.59 Å². The third kappa shape index (κ3) is 3.72. The molecule has 0 aliphatic carbocycles. The molecule has 1 aromatic rings. The van der Waals surface area contributed by atoms with Crippen molar-refractivity contribution in [2.45, 2.75) is 52.4 Å². The largest absolute Gasteiger partial charge is 0.352 e. The standard InChI is InChI=1S/C18H25NO2/c1-3-6-14(7-4-2)17(20)15-10-9-13-8-5-11-19-18(21)16(13)12-15/h9-10,12,14H,3-8,11H2,1-2H3,(H,19,21). The summed E-state index contributed by atoms with van der Waals surface area (Å²) in [4.78, 5) is 24.8. The lowest BCUT2D eigenvalue weighted by atomic mass is 9.88. The van der Waals surface area contributed by atoms with Gasteiger partial charge in [-0.1, -0.05) is 38.8 Å². The maximum Gasteiger partial charge on any atom is 0.251 e. The zero-order valence-corrected chi connectivity index (χ0v) is 13.1. The van der Waals surface area contributed by atoms with E-state index in [1.807, 2.05) is 12.1 Å². The second kappa shape index (κ2) is 7.39.